The third-order valence-electron chi connectivity index (χ3n) is 3.06. The zero-order chi connectivity index (χ0) is 10.9. The predicted octanol–water partition coefficient (Wildman–Crippen LogP) is -2.02. The summed E-state index contributed by atoms with van der Waals surface area (Å²) < 4.78 is 0. The van der Waals surface area contributed by atoms with E-state index in [1.807, 2.05) is 0 Å². The van der Waals surface area contributed by atoms with Crippen molar-refractivity contribution in [2.45, 2.75) is 50.5 Å². The van der Waals surface area contributed by atoms with E-state index >= 15 is 0 Å². The minimum atomic E-state index is -1.46. The molecule has 0 unspecified atom stereocenters. The monoisotopic (exact) mass is 334 g/mol. The van der Waals surface area contributed by atoms with Crippen molar-refractivity contribution in [1.29, 1.82) is 0 Å². The first kappa shape index (κ1) is 26.3. The minimum absolute atomic E-state index is 0. The van der Waals surface area contributed by atoms with Crippen molar-refractivity contribution < 1.29 is 46.5 Å². The molecular weight excluding hydrogens is 311 g/mol. The Labute approximate surface area is 130 Å². The van der Waals surface area contributed by atoms with Crippen LogP contribution in [0.5, 0.6) is 0 Å². The van der Waals surface area contributed by atoms with Crippen molar-refractivity contribution in [3.05, 3.63) is 11.5 Å². The van der Waals surface area contributed by atoms with Gasteiger partial charge in [-0.05, 0) is 0 Å². The molecule has 0 rings (SSSR count). The van der Waals surface area contributed by atoms with E-state index in [1.54, 1.807) is 0 Å². The molecule has 0 spiro atoms. The van der Waals surface area contributed by atoms with Crippen LogP contribution < -0.4 is 24.8 Å². The first-order valence-corrected chi connectivity index (χ1v) is 12.0. The van der Waals surface area contributed by atoms with Crippen molar-refractivity contribution in [1.82, 2.24) is 0 Å². The molecule has 16 heavy (non-hydrogen) atoms. The molecule has 0 aliphatic carbocycles. The summed E-state index contributed by atoms with van der Waals surface area (Å²) in [5.74, 6) is 0. The van der Waals surface area contributed by atoms with Crippen LogP contribution in [0, 0.1) is 0 Å². The van der Waals surface area contributed by atoms with E-state index in [1.165, 1.54) is 0 Å². The Bertz CT molecular complexity index is 167. The largest absolute Gasteiger partial charge is 4.00 e. The number of rotatable bonds is 4. The Morgan fingerprint density at radius 3 is 1.19 bits per heavy atom. The van der Waals surface area contributed by atoms with E-state index in [2.05, 4.69) is 39.3 Å². The Morgan fingerprint density at radius 1 is 0.875 bits per heavy atom. The maximum Gasteiger partial charge on any atom is 4.00 e. The van der Waals surface area contributed by atoms with Gasteiger partial charge in [0.25, 0.3) is 0 Å². The maximum absolute atomic E-state index is 8.63. The molecule has 0 heterocycles. The summed E-state index contributed by atoms with van der Waals surface area (Å²) in [4.78, 5) is -0.234. The molecule has 0 fully saturated rings. The summed E-state index contributed by atoms with van der Waals surface area (Å²) in [6.45, 7) is 14.0. The molecule has 96 valence electrons. The second-order valence-electron chi connectivity index (χ2n) is 5.91. The second-order valence-corrected chi connectivity index (χ2v) is 17.1. The maximum atomic E-state index is 8.63. The molecule has 0 bridgehead atoms. The van der Waals surface area contributed by atoms with Crippen LogP contribution in [0.3, 0.4) is 0 Å². The zero-order valence-electron chi connectivity index (χ0n) is 11.2. The van der Waals surface area contributed by atoms with Crippen LogP contribution in [0.15, 0.2) is 0 Å². The van der Waals surface area contributed by atoms with Crippen LogP contribution >= 0.6 is 0 Å². The van der Waals surface area contributed by atoms with Crippen molar-refractivity contribution in [3.63, 3.8) is 0 Å². The Balaban J connectivity index is -0.000000240. The fourth-order valence-corrected chi connectivity index (χ4v) is 12.8. The van der Waals surface area contributed by atoms with Gasteiger partial charge in [0.05, 0.1) is 0 Å². The summed E-state index contributed by atoms with van der Waals surface area (Å²) in [5.41, 5.74) is 16.0. The van der Waals surface area contributed by atoms with Gasteiger partial charge in [-0.2, -0.15) is 6.54 Å². The van der Waals surface area contributed by atoms with E-state index in [4.69, 9.17) is 11.5 Å². The topological polar surface area (TPSA) is 47.6 Å². The van der Waals surface area contributed by atoms with Gasteiger partial charge < -0.3 is 36.3 Å². The Kier molecular flexibility index (Phi) is 14.3. The summed E-state index contributed by atoms with van der Waals surface area (Å²) in [5, 5.41) is 0. The summed E-state index contributed by atoms with van der Waals surface area (Å²) in [6.07, 6.45) is 0.776. The van der Waals surface area contributed by atoms with Crippen LogP contribution in [0.4, 0.5) is 0 Å². The molecule has 0 amide bonds. The molecule has 0 aliphatic heterocycles. The third kappa shape index (κ3) is 6.00. The fraction of sp³-hybridized carbons (Fsp3) is 1.00. The summed E-state index contributed by atoms with van der Waals surface area (Å²) >= 11 is 0. The van der Waals surface area contributed by atoms with E-state index < -0.39 is 16.1 Å². The van der Waals surface area contributed by atoms with Gasteiger partial charge in [-0.15, -0.1) is 4.79 Å². The smallest absolute Gasteiger partial charge is 1.00 e. The van der Waals surface area contributed by atoms with E-state index in [0.29, 0.717) is 6.54 Å². The first-order valence-electron chi connectivity index (χ1n) is 4.96. The van der Waals surface area contributed by atoms with Gasteiger partial charge in [0.2, 0.25) is 0 Å². The summed E-state index contributed by atoms with van der Waals surface area (Å²) in [7, 11) is -2.92. The van der Waals surface area contributed by atoms with Crippen LogP contribution in [-0.2, 0) is 21.7 Å². The molecule has 0 radical (unpaired) electrons. The molecule has 0 saturated carbocycles. The first-order chi connectivity index (χ1) is 5.56. The third-order valence-corrected chi connectivity index (χ3v) is 13.2. The predicted molar refractivity (Wildman–Crippen MR) is 67.6 cm³/mol. The van der Waals surface area contributed by atoms with Crippen LogP contribution in [0.2, 0.25) is 39.3 Å². The van der Waals surface area contributed by atoms with Gasteiger partial charge >= 0.3 is 21.7 Å². The number of nitrogens with one attached hydrogen (secondary N) is 2. The molecule has 0 aromatic rings. The molecular formula is C9H24Cl2N2Si2Ti. The summed E-state index contributed by atoms with van der Waals surface area (Å²) in [6, 6.07) is 0. The minimum Gasteiger partial charge on any atom is -1.00 e. The van der Waals surface area contributed by atoms with Gasteiger partial charge in [0.1, 0.15) is 0 Å². The van der Waals surface area contributed by atoms with Gasteiger partial charge in [0.15, 0.2) is 0 Å². The number of halogens is 2. The van der Waals surface area contributed by atoms with Gasteiger partial charge in [0, 0.05) is 16.1 Å². The van der Waals surface area contributed by atoms with Crippen LogP contribution in [0.1, 0.15) is 6.42 Å². The molecule has 2 N–H and O–H groups in total. The fourth-order valence-electron chi connectivity index (χ4n) is 2.06. The van der Waals surface area contributed by atoms with Crippen molar-refractivity contribution in [2.75, 3.05) is 6.54 Å². The van der Waals surface area contributed by atoms with E-state index in [0.717, 1.165) is 6.42 Å². The van der Waals surface area contributed by atoms with Crippen LogP contribution in [-0.4, -0.2) is 27.5 Å². The van der Waals surface area contributed by atoms with Crippen LogP contribution in [0.25, 0.3) is 11.5 Å². The van der Waals surface area contributed by atoms with Crippen molar-refractivity contribution in [3.8, 4) is 0 Å². The number of hydrogen-bond donors (Lipinski definition) is 0. The Morgan fingerprint density at radius 2 is 1.12 bits per heavy atom. The van der Waals surface area contributed by atoms with Gasteiger partial charge in [-0.25, -0.2) is 0 Å². The van der Waals surface area contributed by atoms with E-state index in [9.17, 15) is 0 Å². The standard InChI is InChI=1S/C9H24N2Si2.2ClH.Ti/c1-12(2,3)9(11,7-8-10)13(4,5)6;;;/h10-11H,7-8H2,1-6H3;2*1H;/q-2;;;+4/p-2. The number of hydrogen-bond acceptors (Lipinski definition) is 0. The van der Waals surface area contributed by atoms with Crippen molar-refractivity contribution >= 4 is 16.1 Å². The average Bonchev–Trinajstić information content (AvgIpc) is 1.82. The molecule has 0 atom stereocenters. The van der Waals surface area contributed by atoms with Gasteiger partial charge in [-0.3, -0.25) is 0 Å². The molecule has 0 aromatic carbocycles. The molecule has 7 heteroatoms. The Hall–Kier alpha value is 1.65. The molecule has 0 saturated heterocycles. The van der Waals surface area contributed by atoms with E-state index in [-0.39, 0.29) is 51.3 Å². The van der Waals surface area contributed by atoms with Gasteiger partial charge in [-0.1, -0.05) is 45.7 Å². The molecule has 0 aliphatic rings. The normalized spacial score (nSPS) is 12.0. The quantitative estimate of drug-likeness (QED) is 0.533. The second kappa shape index (κ2) is 8.70. The van der Waals surface area contributed by atoms with Crippen molar-refractivity contribution in [2.24, 2.45) is 0 Å². The SMILES string of the molecule is C[Si](C)(C)C([NH-])(CC[NH-])[Si](C)(C)C.[Cl-].[Cl-].[Ti+4]. The average molecular weight is 335 g/mol. The molecule has 0 aromatic heterocycles. The zero-order valence-corrected chi connectivity index (χ0v) is 16.2. The molecule has 2 nitrogen and oxygen atoms in total.